The molecule has 0 spiro atoms. The van der Waals surface area contributed by atoms with Gasteiger partial charge in [0.05, 0.1) is 36.2 Å². The second-order valence-corrected chi connectivity index (χ2v) is 5.96. The van der Waals surface area contributed by atoms with Crippen LogP contribution in [0.4, 0.5) is 17.2 Å². The lowest BCUT2D eigenvalue weighted by molar-refractivity contribution is 0.102. The molecule has 2 aromatic carbocycles. The van der Waals surface area contributed by atoms with Crippen molar-refractivity contribution in [2.24, 2.45) is 0 Å². The highest BCUT2D eigenvalue weighted by molar-refractivity contribution is 6.33. The number of ether oxygens (including phenoxy) is 2. The summed E-state index contributed by atoms with van der Waals surface area (Å²) in [5.74, 6) is 1.43. The fraction of sp³-hybridized carbons (Fsp3) is 0.100. The van der Waals surface area contributed by atoms with E-state index in [-0.39, 0.29) is 5.91 Å². The summed E-state index contributed by atoms with van der Waals surface area (Å²) >= 11 is 6.12. The number of nitrogens with zero attached hydrogens (tertiary/aromatic N) is 1. The van der Waals surface area contributed by atoms with Gasteiger partial charge in [-0.25, -0.2) is 4.98 Å². The third-order valence-electron chi connectivity index (χ3n) is 3.82. The Morgan fingerprint density at radius 2 is 1.81 bits per heavy atom. The van der Waals surface area contributed by atoms with Gasteiger partial charge in [-0.05, 0) is 36.4 Å². The van der Waals surface area contributed by atoms with Gasteiger partial charge in [0.1, 0.15) is 17.3 Å². The monoisotopic (exact) mass is 383 g/mol. The number of pyridine rings is 1. The van der Waals surface area contributed by atoms with E-state index in [1.165, 1.54) is 13.3 Å². The van der Waals surface area contributed by atoms with Crippen LogP contribution in [0.15, 0.2) is 60.8 Å². The summed E-state index contributed by atoms with van der Waals surface area (Å²) in [4.78, 5) is 16.8. The zero-order chi connectivity index (χ0) is 19.2. The Balaban J connectivity index is 1.74. The Bertz CT molecular complexity index is 945. The molecular formula is C20H18ClN3O3. The third-order valence-corrected chi connectivity index (χ3v) is 4.15. The van der Waals surface area contributed by atoms with Crippen LogP contribution in [0.2, 0.25) is 5.02 Å². The van der Waals surface area contributed by atoms with E-state index in [0.29, 0.717) is 33.6 Å². The number of halogens is 1. The van der Waals surface area contributed by atoms with Gasteiger partial charge in [0.2, 0.25) is 0 Å². The number of anilines is 3. The maximum Gasteiger partial charge on any atom is 0.257 e. The van der Waals surface area contributed by atoms with Crippen molar-refractivity contribution in [3.05, 3.63) is 71.4 Å². The molecule has 2 N–H and O–H groups in total. The van der Waals surface area contributed by atoms with Gasteiger partial charge in [-0.3, -0.25) is 4.79 Å². The van der Waals surface area contributed by atoms with Crippen molar-refractivity contribution >= 4 is 34.7 Å². The minimum atomic E-state index is -0.307. The van der Waals surface area contributed by atoms with Crippen molar-refractivity contribution < 1.29 is 14.3 Å². The van der Waals surface area contributed by atoms with E-state index in [1.807, 2.05) is 18.2 Å². The number of hydrogen-bond donors (Lipinski definition) is 2. The number of amides is 1. The van der Waals surface area contributed by atoms with E-state index in [9.17, 15) is 4.79 Å². The molecule has 7 heteroatoms. The van der Waals surface area contributed by atoms with Crippen molar-refractivity contribution in [3.63, 3.8) is 0 Å². The smallest absolute Gasteiger partial charge is 0.257 e. The first-order valence-electron chi connectivity index (χ1n) is 8.11. The highest BCUT2D eigenvalue weighted by Crippen LogP contribution is 2.29. The molecule has 0 radical (unpaired) electrons. The average molecular weight is 384 g/mol. The summed E-state index contributed by atoms with van der Waals surface area (Å²) in [5.41, 5.74) is 1.66. The Labute approximate surface area is 162 Å². The summed E-state index contributed by atoms with van der Waals surface area (Å²) in [6.45, 7) is 0. The highest BCUT2D eigenvalue weighted by Gasteiger charge is 2.12. The van der Waals surface area contributed by atoms with Gasteiger partial charge in [0, 0.05) is 12.3 Å². The zero-order valence-corrected chi connectivity index (χ0v) is 15.6. The van der Waals surface area contributed by atoms with Crippen LogP contribution in [0.3, 0.4) is 0 Å². The summed E-state index contributed by atoms with van der Waals surface area (Å²) in [5, 5.41) is 6.50. The predicted octanol–water partition coefficient (Wildman–Crippen LogP) is 4.75. The number of benzene rings is 2. The number of rotatable bonds is 6. The number of carbonyl (C=O) groups is 1. The van der Waals surface area contributed by atoms with Crippen molar-refractivity contribution in [3.8, 4) is 11.5 Å². The fourth-order valence-corrected chi connectivity index (χ4v) is 2.59. The van der Waals surface area contributed by atoms with Crippen molar-refractivity contribution in [1.29, 1.82) is 0 Å². The average Bonchev–Trinajstić information content (AvgIpc) is 2.70. The Morgan fingerprint density at radius 1 is 1.00 bits per heavy atom. The molecule has 138 valence electrons. The Kier molecular flexibility index (Phi) is 5.78. The van der Waals surface area contributed by atoms with Crippen LogP contribution in [0.5, 0.6) is 11.5 Å². The molecule has 3 aromatic rings. The molecule has 0 aliphatic heterocycles. The van der Waals surface area contributed by atoms with E-state index in [2.05, 4.69) is 15.6 Å². The highest BCUT2D eigenvalue weighted by atomic mass is 35.5. The van der Waals surface area contributed by atoms with Crippen LogP contribution in [-0.2, 0) is 0 Å². The molecule has 0 fully saturated rings. The predicted molar refractivity (Wildman–Crippen MR) is 106 cm³/mol. The van der Waals surface area contributed by atoms with E-state index in [4.69, 9.17) is 21.1 Å². The number of hydrogen-bond acceptors (Lipinski definition) is 5. The number of para-hydroxylation sites is 1. The minimum absolute atomic E-state index is 0.307. The van der Waals surface area contributed by atoms with Crippen LogP contribution >= 0.6 is 11.6 Å². The molecule has 0 unspecified atom stereocenters. The lowest BCUT2D eigenvalue weighted by Gasteiger charge is -2.12. The fourth-order valence-electron chi connectivity index (χ4n) is 2.41. The first kappa shape index (κ1) is 18.5. The molecule has 0 aliphatic carbocycles. The van der Waals surface area contributed by atoms with Gasteiger partial charge in [-0.1, -0.05) is 23.7 Å². The van der Waals surface area contributed by atoms with Crippen molar-refractivity contribution in [1.82, 2.24) is 4.98 Å². The normalized spacial score (nSPS) is 10.2. The second-order valence-electron chi connectivity index (χ2n) is 5.56. The molecule has 27 heavy (non-hydrogen) atoms. The first-order chi connectivity index (χ1) is 13.1. The van der Waals surface area contributed by atoms with E-state index >= 15 is 0 Å². The van der Waals surface area contributed by atoms with Crippen LogP contribution in [0.1, 0.15) is 10.4 Å². The summed E-state index contributed by atoms with van der Waals surface area (Å²) in [6, 6.07) is 15.9. The Morgan fingerprint density at radius 3 is 2.48 bits per heavy atom. The van der Waals surface area contributed by atoms with Gasteiger partial charge in [-0.15, -0.1) is 0 Å². The van der Waals surface area contributed by atoms with Crippen LogP contribution in [-0.4, -0.2) is 25.1 Å². The maximum absolute atomic E-state index is 12.5. The number of carbonyl (C=O) groups excluding carboxylic acids is 1. The van der Waals surface area contributed by atoms with Crippen LogP contribution < -0.4 is 20.1 Å². The number of methoxy groups -OCH3 is 2. The van der Waals surface area contributed by atoms with E-state index in [1.54, 1.807) is 43.5 Å². The summed E-state index contributed by atoms with van der Waals surface area (Å²) in [7, 11) is 3.09. The molecule has 0 saturated heterocycles. The van der Waals surface area contributed by atoms with Gasteiger partial charge < -0.3 is 20.1 Å². The SMILES string of the molecule is COc1ccc(OC)c(NC(=O)c2ccc(Nc3ccccc3Cl)nc2)c1. The van der Waals surface area contributed by atoms with E-state index < -0.39 is 0 Å². The first-order valence-corrected chi connectivity index (χ1v) is 8.49. The molecule has 1 amide bonds. The second kappa shape index (κ2) is 8.42. The summed E-state index contributed by atoms with van der Waals surface area (Å²) in [6.07, 6.45) is 1.49. The third kappa shape index (κ3) is 4.48. The molecule has 3 rings (SSSR count). The lowest BCUT2D eigenvalue weighted by Crippen LogP contribution is -2.13. The van der Waals surface area contributed by atoms with Gasteiger partial charge >= 0.3 is 0 Å². The summed E-state index contributed by atoms with van der Waals surface area (Å²) < 4.78 is 10.5. The zero-order valence-electron chi connectivity index (χ0n) is 14.8. The molecule has 1 heterocycles. The Hall–Kier alpha value is -3.25. The molecule has 0 saturated carbocycles. The minimum Gasteiger partial charge on any atom is -0.497 e. The molecule has 1 aromatic heterocycles. The standard InChI is InChI=1S/C20H18ClN3O3/c1-26-14-8-9-18(27-2)17(11-14)24-20(25)13-7-10-19(22-12-13)23-16-6-4-3-5-15(16)21/h3-12H,1-2H3,(H,22,23)(H,24,25). The molecule has 6 nitrogen and oxygen atoms in total. The van der Waals surface area contributed by atoms with Gasteiger partial charge in [0.15, 0.2) is 0 Å². The van der Waals surface area contributed by atoms with Crippen molar-refractivity contribution in [2.75, 3.05) is 24.9 Å². The molecule has 0 atom stereocenters. The number of aromatic nitrogens is 1. The van der Waals surface area contributed by atoms with Crippen LogP contribution in [0.25, 0.3) is 0 Å². The molecule has 0 aliphatic rings. The largest absolute Gasteiger partial charge is 0.497 e. The van der Waals surface area contributed by atoms with E-state index in [0.717, 1.165) is 5.69 Å². The van der Waals surface area contributed by atoms with Crippen LogP contribution in [0, 0.1) is 0 Å². The van der Waals surface area contributed by atoms with Gasteiger partial charge in [-0.2, -0.15) is 0 Å². The number of nitrogens with one attached hydrogen (secondary N) is 2. The van der Waals surface area contributed by atoms with Crippen molar-refractivity contribution in [2.45, 2.75) is 0 Å². The van der Waals surface area contributed by atoms with Gasteiger partial charge in [0.25, 0.3) is 5.91 Å². The topological polar surface area (TPSA) is 72.5 Å². The maximum atomic E-state index is 12.5. The molecule has 0 bridgehead atoms. The lowest BCUT2D eigenvalue weighted by atomic mass is 10.2. The molecular weight excluding hydrogens is 366 g/mol. The quantitative estimate of drug-likeness (QED) is 0.642.